The van der Waals surface area contributed by atoms with Crippen LogP contribution in [0.25, 0.3) is 6.08 Å². The summed E-state index contributed by atoms with van der Waals surface area (Å²) in [5.41, 5.74) is 6.67. The van der Waals surface area contributed by atoms with Crippen molar-refractivity contribution in [1.29, 1.82) is 0 Å². The third-order valence-corrected chi connectivity index (χ3v) is 6.88. The number of rotatable bonds is 7. The van der Waals surface area contributed by atoms with Crippen molar-refractivity contribution in [2.24, 2.45) is 5.41 Å². The Kier molecular flexibility index (Phi) is 8.69. The molecule has 4 nitrogen and oxygen atoms in total. The van der Waals surface area contributed by atoms with Gasteiger partial charge in [0.15, 0.2) is 5.88 Å². The summed E-state index contributed by atoms with van der Waals surface area (Å²) in [5.74, 6) is 1.71. The summed E-state index contributed by atoms with van der Waals surface area (Å²) < 4.78 is 11.8. The minimum Gasteiger partial charge on any atom is -0.496 e. The molecule has 35 heavy (non-hydrogen) atoms. The zero-order valence-electron chi connectivity index (χ0n) is 23.0. The Morgan fingerprint density at radius 3 is 2.51 bits per heavy atom. The van der Waals surface area contributed by atoms with Gasteiger partial charge >= 0.3 is 0 Å². The van der Waals surface area contributed by atoms with E-state index in [9.17, 15) is 4.79 Å². The van der Waals surface area contributed by atoms with Crippen molar-refractivity contribution in [1.82, 2.24) is 4.90 Å². The molecule has 1 saturated carbocycles. The number of methoxy groups -OCH3 is 1. The van der Waals surface area contributed by atoms with Gasteiger partial charge in [-0.1, -0.05) is 52.0 Å². The number of carbonyl (C=O) groups is 1. The summed E-state index contributed by atoms with van der Waals surface area (Å²) in [6.45, 7) is 15.5. The Morgan fingerprint density at radius 1 is 1.23 bits per heavy atom. The molecule has 1 aliphatic heterocycles. The largest absolute Gasteiger partial charge is 0.496 e. The molecular formula is C31H43NO3. The highest BCUT2D eigenvalue weighted by Crippen LogP contribution is 2.38. The molecule has 0 N–H and O–H groups in total. The average molecular weight is 478 g/mol. The van der Waals surface area contributed by atoms with Crippen LogP contribution in [0.3, 0.4) is 0 Å². The molecule has 1 amide bonds. The second-order valence-electron chi connectivity index (χ2n) is 11.0. The summed E-state index contributed by atoms with van der Waals surface area (Å²) in [7, 11) is 1.72. The van der Waals surface area contributed by atoms with E-state index in [-0.39, 0.29) is 17.4 Å². The van der Waals surface area contributed by atoms with E-state index in [1.165, 1.54) is 23.1 Å². The van der Waals surface area contributed by atoms with E-state index in [2.05, 4.69) is 65.8 Å². The van der Waals surface area contributed by atoms with Gasteiger partial charge in [-0.05, 0) is 98.3 Å². The van der Waals surface area contributed by atoms with Crippen LogP contribution >= 0.6 is 0 Å². The zero-order valence-corrected chi connectivity index (χ0v) is 23.0. The Hall–Kier alpha value is -2.75. The van der Waals surface area contributed by atoms with Gasteiger partial charge in [-0.15, -0.1) is 0 Å². The summed E-state index contributed by atoms with van der Waals surface area (Å²) >= 11 is 0. The Balaban J connectivity index is 1.98. The first-order valence-corrected chi connectivity index (χ1v) is 12.9. The number of carbonyl (C=O) groups excluding carboxylic acids is 1. The molecule has 0 radical (unpaired) electrons. The Morgan fingerprint density at radius 2 is 1.94 bits per heavy atom. The smallest absolute Gasteiger partial charge is 0.256 e. The monoisotopic (exact) mass is 477 g/mol. The first-order chi connectivity index (χ1) is 16.6. The van der Waals surface area contributed by atoms with E-state index in [0.29, 0.717) is 12.2 Å². The van der Waals surface area contributed by atoms with Crippen LogP contribution in [0.5, 0.6) is 5.75 Å². The van der Waals surface area contributed by atoms with E-state index in [4.69, 9.17) is 9.47 Å². The number of hydrogen-bond donors (Lipinski definition) is 0. The van der Waals surface area contributed by atoms with E-state index in [1.807, 2.05) is 24.0 Å². The van der Waals surface area contributed by atoms with Crippen molar-refractivity contribution in [3.05, 3.63) is 69.7 Å². The van der Waals surface area contributed by atoms with Crippen LogP contribution in [0.4, 0.5) is 0 Å². The SMILES string of the molecule is CC/C=C\C=C(/C)[C@@H]1COC(=C2CCC2)N1C(=O)/C(C)=C/c1ccc(OC)c(CC(C)(C)C)c1C. The standard InChI is InChI=1S/C31H43NO3/c1-9-10-11-13-21(2)27-20-35-30(24-14-12-15-24)32(27)29(33)22(3)18-25-16-17-28(34-8)26(23(25)4)19-31(5,6)7/h10-11,13,16-18,27H,9,12,14-15,19-20H2,1-8H3/b11-10-,21-13+,22-18+/t27-/m0/s1. The van der Waals surface area contributed by atoms with Gasteiger partial charge in [0.2, 0.25) is 0 Å². The zero-order chi connectivity index (χ0) is 25.8. The topological polar surface area (TPSA) is 38.8 Å². The highest BCUT2D eigenvalue weighted by atomic mass is 16.5. The van der Waals surface area contributed by atoms with E-state index in [1.54, 1.807) is 7.11 Å². The van der Waals surface area contributed by atoms with Gasteiger partial charge in [0.05, 0.1) is 13.2 Å². The van der Waals surface area contributed by atoms with Crippen molar-refractivity contribution in [2.45, 2.75) is 86.6 Å². The predicted octanol–water partition coefficient (Wildman–Crippen LogP) is 7.53. The molecule has 2 fully saturated rings. The molecule has 1 aliphatic carbocycles. The van der Waals surface area contributed by atoms with Gasteiger partial charge in [0.1, 0.15) is 12.4 Å². The second-order valence-corrected chi connectivity index (χ2v) is 11.0. The summed E-state index contributed by atoms with van der Waals surface area (Å²) in [5, 5.41) is 0. The van der Waals surface area contributed by atoms with Crippen LogP contribution in [0, 0.1) is 12.3 Å². The van der Waals surface area contributed by atoms with Crippen molar-refractivity contribution < 1.29 is 14.3 Å². The molecule has 3 rings (SSSR count). The molecule has 1 saturated heterocycles. The molecule has 2 aliphatic rings. The van der Waals surface area contributed by atoms with Crippen molar-refractivity contribution in [2.75, 3.05) is 13.7 Å². The van der Waals surface area contributed by atoms with Gasteiger partial charge in [-0.25, -0.2) is 0 Å². The molecular weight excluding hydrogens is 434 g/mol. The summed E-state index contributed by atoms with van der Waals surface area (Å²) in [6, 6.07) is 4.00. The number of allylic oxidation sites excluding steroid dienone is 4. The number of benzene rings is 1. The van der Waals surface area contributed by atoms with Gasteiger partial charge in [0, 0.05) is 5.57 Å². The highest BCUT2D eigenvalue weighted by molar-refractivity contribution is 5.99. The fourth-order valence-electron chi connectivity index (χ4n) is 4.65. The molecule has 1 aromatic carbocycles. The first-order valence-electron chi connectivity index (χ1n) is 12.9. The van der Waals surface area contributed by atoms with Gasteiger partial charge in [-0.2, -0.15) is 0 Å². The van der Waals surface area contributed by atoms with Crippen LogP contribution in [0.1, 0.15) is 83.9 Å². The third kappa shape index (κ3) is 6.28. The van der Waals surface area contributed by atoms with Crippen LogP contribution < -0.4 is 4.74 Å². The highest BCUT2D eigenvalue weighted by Gasteiger charge is 2.39. The van der Waals surface area contributed by atoms with Gasteiger partial charge in [0.25, 0.3) is 5.91 Å². The summed E-state index contributed by atoms with van der Waals surface area (Å²) in [6.07, 6.45) is 13.4. The molecule has 1 atom stereocenters. The van der Waals surface area contributed by atoms with E-state index >= 15 is 0 Å². The molecule has 190 valence electrons. The molecule has 4 heteroatoms. The Labute approximate surface area is 212 Å². The fraction of sp³-hybridized carbons (Fsp3) is 0.516. The van der Waals surface area contributed by atoms with Gasteiger partial charge in [-0.3, -0.25) is 9.69 Å². The van der Waals surface area contributed by atoms with Crippen LogP contribution in [0.2, 0.25) is 0 Å². The lowest BCUT2D eigenvalue weighted by molar-refractivity contribution is -0.126. The van der Waals surface area contributed by atoms with E-state index < -0.39 is 0 Å². The minimum atomic E-state index is -0.0797. The summed E-state index contributed by atoms with van der Waals surface area (Å²) in [4.78, 5) is 15.8. The average Bonchev–Trinajstić information content (AvgIpc) is 3.18. The van der Waals surface area contributed by atoms with Crippen LogP contribution in [-0.4, -0.2) is 30.6 Å². The number of hydrogen-bond acceptors (Lipinski definition) is 3. The quantitative estimate of drug-likeness (QED) is 0.301. The maximum atomic E-state index is 13.9. The normalized spacial score (nSPS) is 19.3. The maximum Gasteiger partial charge on any atom is 0.256 e. The number of amides is 1. The lowest BCUT2D eigenvalue weighted by atomic mass is 9.84. The lowest BCUT2D eigenvalue weighted by Gasteiger charge is -2.28. The van der Waals surface area contributed by atoms with Crippen molar-refractivity contribution in [3.63, 3.8) is 0 Å². The molecule has 0 aromatic heterocycles. The molecule has 0 unspecified atom stereocenters. The lowest BCUT2D eigenvalue weighted by Crippen LogP contribution is -2.37. The number of ether oxygens (including phenoxy) is 2. The first kappa shape index (κ1) is 26.8. The van der Waals surface area contributed by atoms with Crippen molar-refractivity contribution >= 4 is 12.0 Å². The number of nitrogens with zero attached hydrogens (tertiary/aromatic N) is 1. The second kappa shape index (κ2) is 11.3. The molecule has 1 aromatic rings. The van der Waals surface area contributed by atoms with Crippen LogP contribution in [-0.2, 0) is 16.0 Å². The molecule has 0 spiro atoms. The molecule has 0 bridgehead atoms. The molecule has 1 heterocycles. The predicted molar refractivity (Wildman–Crippen MR) is 145 cm³/mol. The fourth-order valence-corrected chi connectivity index (χ4v) is 4.65. The maximum absolute atomic E-state index is 13.9. The minimum absolute atomic E-state index is 0.0155. The third-order valence-electron chi connectivity index (χ3n) is 6.88. The van der Waals surface area contributed by atoms with E-state index in [0.717, 1.165) is 48.5 Å². The Bertz CT molecular complexity index is 1060. The van der Waals surface area contributed by atoms with Gasteiger partial charge < -0.3 is 9.47 Å². The van der Waals surface area contributed by atoms with Crippen LogP contribution in [0.15, 0.2) is 53.0 Å². The van der Waals surface area contributed by atoms with Crippen molar-refractivity contribution in [3.8, 4) is 5.75 Å².